The molecule has 0 fully saturated rings. The van der Waals surface area contributed by atoms with Crippen molar-refractivity contribution in [1.29, 1.82) is 0 Å². The summed E-state index contributed by atoms with van der Waals surface area (Å²) in [6, 6.07) is -0.403. The van der Waals surface area contributed by atoms with Gasteiger partial charge in [0.15, 0.2) is 0 Å². The lowest BCUT2D eigenvalue weighted by Gasteiger charge is -2.35. The molecule has 0 aliphatic carbocycles. The van der Waals surface area contributed by atoms with Crippen LogP contribution >= 0.6 is 0 Å². The summed E-state index contributed by atoms with van der Waals surface area (Å²) in [7, 11) is 1.44. The molecule has 0 saturated heterocycles. The minimum atomic E-state index is -4.40. The summed E-state index contributed by atoms with van der Waals surface area (Å²) >= 11 is 0. The van der Waals surface area contributed by atoms with Crippen molar-refractivity contribution in [3.63, 3.8) is 0 Å². The Morgan fingerprint density at radius 2 is 2.16 bits per heavy atom. The summed E-state index contributed by atoms with van der Waals surface area (Å²) in [6.45, 7) is 4.35. The third-order valence-corrected chi connectivity index (χ3v) is 5.55. The maximum Gasteiger partial charge on any atom is 0.389 e. The second-order valence-corrected chi connectivity index (χ2v) is 8.37. The fourth-order valence-corrected chi connectivity index (χ4v) is 3.50. The Balaban J connectivity index is 2.17. The molecule has 2 amide bonds. The van der Waals surface area contributed by atoms with Gasteiger partial charge in [-0.3, -0.25) is 14.3 Å². The zero-order valence-corrected chi connectivity index (χ0v) is 18.7. The minimum absolute atomic E-state index is 0.0571. The average molecular weight is 464 g/mol. The second kappa shape index (κ2) is 11.6. The molecule has 9 nitrogen and oxygen atoms in total. The highest BCUT2D eigenvalue weighted by molar-refractivity contribution is 5.76. The van der Waals surface area contributed by atoms with Gasteiger partial charge in [0.05, 0.1) is 38.0 Å². The van der Waals surface area contributed by atoms with Crippen molar-refractivity contribution in [2.45, 2.75) is 71.0 Å². The maximum atomic E-state index is 12.8. The molecule has 3 atom stereocenters. The number of aromatic nitrogens is 3. The quantitative estimate of drug-likeness (QED) is 0.688. The van der Waals surface area contributed by atoms with Crippen LogP contribution in [0.5, 0.6) is 0 Å². The molecule has 1 aliphatic rings. The van der Waals surface area contributed by atoms with Gasteiger partial charge < -0.3 is 19.6 Å². The van der Waals surface area contributed by atoms with E-state index in [9.17, 15) is 27.9 Å². The lowest BCUT2D eigenvalue weighted by molar-refractivity contribution is -0.150. The molecular formula is C20H32F3N5O4. The molecule has 12 heteroatoms. The Bertz CT molecular complexity index is 758. The number of fused-ring (bicyclic) bond motifs is 2. The van der Waals surface area contributed by atoms with Gasteiger partial charge in [0.1, 0.15) is 5.69 Å². The van der Waals surface area contributed by atoms with E-state index in [0.717, 1.165) is 0 Å². The Morgan fingerprint density at radius 1 is 1.44 bits per heavy atom. The number of ether oxygens (including phenoxy) is 1. The van der Waals surface area contributed by atoms with Crippen molar-refractivity contribution < 1.29 is 32.6 Å². The highest BCUT2D eigenvalue weighted by atomic mass is 19.4. The average Bonchev–Trinajstić information content (AvgIpc) is 3.18. The van der Waals surface area contributed by atoms with Gasteiger partial charge in [0.25, 0.3) is 0 Å². The first-order valence-corrected chi connectivity index (χ1v) is 10.7. The molecule has 182 valence electrons. The van der Waals surface area contributed by atoms with E-state index in [1.807, 2.05) is 6.92 Å². The zero-order chi connectivity index (χ0) is 23.9. The van der Waals surface area contributed by atoms with Crippen molar-refractivity contribution in [1.82, 2.24) is 24.8 Å². The molecule has 32 heavy (non-hydrogen) atoms. The van der Waals surface area contributed by atoms with E-state index >= 15 is 0 Å². The van der Waals surface area contributed by atoms with Crippen molar-refractivity contribution in [3.05, 3.63) is 11.9 Å². The number of aliphatic hydroxyl groups excluding tert-OH is 1. The number of amides is 2. The molecule has 0 aromatic carbocycles. The molecule has 1 aromatic rings. The first-order valence-electron chi connectivity index (χ1n) is 10.7. The van der Waals surface area contributed by atoms with Gasteiger partial charge in [-0.05, 0) is 13.3 Å². The van der Waals surface area contributed by atoms with E-state index in [0.29, 0.717) is 18.7 Å². The fourth-order valence-electron chi connectivity index (χ4n) is 3.50. The molecule has 0 spiro atoms. The largest absolute Gasteiger partial charge is 0.394 e. The Morgan fingerprint density at radius 3 is 2.81 bits per heavy atom. The van der Waals surface area contributed by atoms with Crippen LogP contribution in [0.25, 0.3) is 0 Å². The number of carbonyl (C=O) groups is 2. The van der Waals surface area contributed by atoms with Crippen LogP contribution < -0.4 is 0 Å². The summed E-state index contributed by atoms with van der Waals surface area (Å²) < 4.78 is 45.1. The number of alkyl halides is 3. The molecule has 1 aliphatic heterocycles. The first kappa shape index (κ1) is 26.0. The summed E-state index contributed by atoms with van der Waals surface area (Å²) in [5, 5.41) is 17.7. The molecule has 2 rings (SSSR count). The van der Waals surface area contributed by atoms with Crippen LogP contribution in [0, 0.1) is 5.92 Å². The van der Waals surface area contributed by atoms with E-state index < -0.39 is 37.1 Å². The third-order valence-electron chi connectivity index (χ3n) is 5.55. The van der Waals surface area contributed by atoms with Gasteiger partial charge in [-0.25, -0.2) is 0 Å². The first-order chi connectivity index (χ1) is 15.0. The number of aliphatic hydroxyl groups is 1. The number of halogens is 3. The number of hydrogen-bond acceptors (Lipinski definition) is 6. The number of likely N-dealkylation sites (N-methyl/N-ethyl adjacent to an activating group) is 1. The summed E-state index contributed by atoms with van der Waals surface area (Å²) in [4.78, 5) is 27.8. The van der Waals surface area contributed by atoms with Crippen LogP contribution in [0.15, 0.2) is 6.20 Å². The smallest absolute Gasteiger partial charge is 0.389 e. The van der Waals surface area contributed by atoms with Gasteiger partial charge in [0, 0.05) is 45.4 Å². The van der Waals surface area contributed by atoms with Crippen molar-refractivity contribution in [2.75, 3.05) is 26.7 Å². The van der Waals surface area contributed by atoms with Gasteiger partial charge in [-0.15, -0.1) is 5.10 Å². The number of carbonyl (C=O) groups excluding carboxylic acids is 2. The van der Waals surface area contributed by atoms with E-state index in [4.69, 9.17) is 4.74 Å². The van der Waals surface area contributed by atoms with Gasteiger partial charge >= 0.3 is 6.18 Å². The van der Waals surface area contributed by atoms with Gasteiger partial charge in [-0.2, -0.15) is 13.2 Å². The van der Waals surface area contributed by atoms with E-state index in [2.05, 4.69) is 10.3 Å². The van der Waals surface area contributed by atoms with Crippen LogP contribution in [-0.4, -0.2) is 86.8 Å². The van der Waals surface area contributed by atoms with E-state index in [1.54, 1.807) is 22.7 Å². The molecule has 1 aromatic heterocycles. The van der Waals surface area contributed by atoms with Crippen LogP contribution in [0.1, 0.15) is 45.2 Å². The maximum absolute atomic E-state index is 12.8. The molecule has 2 heterocycles. The van der Waals surface area contributed by atoms with E-state index in [-0.39, 0.29) is 44.5 Å². The van der Waals surface area contributed by atoms with Crippen LogP contribution in [-0.2, 0) is 27.5 Å². The Labute approximate surface area is 185 Å². The predicted octanol–water partition coefficient (Wildman–Crippen LogP) is 1.60. The molecule has 0 radical (unpaired) electrons. The lowest BCUT2D eigenvalue weighted by Crippen LogP contribution is -2.47. The standard InChI is InChI=1S/C20H32F3N5O4/c1-14-9-28(15(2)12-29)19(31)5-4-8-27-10-16(24-25-27)13-32-17(14)11-26(3)18(30)6-7-20(21,22)23/h10,14-15,17,29H,4-9,11-13H2,1-3H3/t14-,15-,17-/m0/s1. The molecule has 0 unspecified atom stereocenters. The number of nitrogens with zero attached hydrogens (tertiary/aromatic N) is 5. The van der Waals surface area contributed by atoms with Gasteiger partial charge in [0.2, 0.25) is 11.8 Å². The highest BCUT2D eigenvalue weighted by Crippen LogP contribution is 2.22. The summed E-state index contributed by atoms with van der Waals surface area (Å²) in [6.07, 6.45) is -4.24. The predicted molar refractivity (Wildman–Crippen MR) is 108 cm³/mol. The monoisotopic (exact) mass is 463 g/mol. The molecule has 0 saturated carbocycles. The second-order valence-electron chi connectivity index (χ2n) is 8.37. The number of aryl methyl sites for hydroxylation is 1. The van der Waals surface area contributed by atoms with Crippen molar-refractivity contribution in [2.24, 2.45) is 5.92 Å². The normalized spacial score (nSPS) is 22.0. The SMILES string of the molecule is C[C@H]1CN([C@@H](C)CO)C(=O)CCCn2cc(nn2)CO[C@H]1CN(C)C(=O)CCC(F)(F)F. The summed E-state index contributed by atoms with van der Waals surface area (Å²) in [5.74, 6) is -1.02. The minimum Gasteiger partial charge on any atom is -0.394 e. The zero-order valence-electron chi connectivity index (χ0n) is 18.7. The molecular weight excluding hydrogens is 431 g/mol. The topological polar surface area (TPSA) is 101 Å². The number of hydrogen-bond donors (Lipinski definition) is 1. The van der Waals surface area contributed by atoms with E-state index in [1.165, 1.54) is 11.9 Å². The van der Waals surface area contributed by atoms with Crippen LogP contribution in [0.4, 0.5) is 13.2 Å². The van der Waals surface area contributed by atoms with Gasteiger partial charge in [-0.1, -0.05) is 12.1 Å². The van der Waals surface area contributed by atoms with Crippen molar-refractivity contribution in [3.8, 4) is 0 Å². The number of rotatable bonds is 6. The van der Waals surface area contributed by atoms with Crippen LogP contribution in [0.3, 0.4) is 0 Å². The highest BCUT2D eigenvalue weighted by Gasteiger charge is 2.31. The summed E-state index contributed by atoms with van der Waals surface area (Å²) in [5.41, 5.74) is 0.583. The lowest BCUT2D eigenvalue weighted by atomic mass is 10.0. The Kier molecular flexibility index (Phi) is 9.44. The Hall–Kier alpha value is -2.21. The molecule has 1 N–H and O–H groups in total. The fraction of sp³-hybridized carbons (Fsp3) is 0.800. The third kappa shape index (κ3) is 8.05. The molecule has 2 bridgehead atoms. The van der Waals surface area contributed by atoms with Crippen LogP contribution in [0.2, 0.25) is 0 Å². The van der Waals surface area contributed by atoms with Crippen molar-refractivity contribution >= 4 is 11.8 Å².